The van der Waals surface area contributed by atoms with Crippen molar-refractivity contribution < 1.29 is 23.2 Å². The highest BCUT2D eigenvalue weighted by atomic mass is 19.3. The molecule has 1 saturated carbocycles. The molecule has 2 amide bonds. The fraction of sp³-hybridized carbons (Fsp3) is 0.750. The number of carbonyl (C=O) groups is 2. The molecule has 2 fully saturated rings. The van der Waals surface area contributed by atoms with Crippen molar-refractivity contribution in [2.24, 2.45) is 0 Å². The van der Waals surface area contributed by atoms with Crippen LogP contribution in [-0.2, 0) is 14.4 Å². The van der Waals surface area contributed by atoms with E-state index in [2.05, 4.69) is 27.9 Å². The third-order valence-electron chi connectivity index (χ3n) is 5.63. The first-order valence-corrected chi connectivity index (χ1v) is 10.4. The normalized spacial score (nSPS) is 26.3. The van der Waals surface area contributed by atoms with Crippen LogP contribution in [0.2, 0.25) is 0 Å². The fourth-order valence-corrected chi connectivity index (χ4v) is 3.95. The molecular formula is C20H29F2N5O3. The Hall–Kier alpha value is -2.25. The number of hydrogen-bond acceptors (Lipinski definition) is 6. The van der Waals surface area contributed by atoms with E-state index >= 15 is 0 Å². The number of hydrogen-bond donors (Lipinski definition) is 3. The summed E-state index contributed by atoms with van der Waals surface area (Å²) in [6.07, 6.45) is 4.41. The van der Waals surface area contributed by atoms with Crippen molar-refractivity contribution in [1.82, 2.24) is 21.0 Å². The number of alkyl halides is 2. The number of carbonyl (C=O) groups excluding carboxylic acids is 2. The third-order valence-corrected chi connectivity index (χ3v) is 5.63. The molecule has 0 aromatic rings. The lowest BCUT2D eigenvalue weighted by Crippen LogP contribution is -2.52. The van der Waals surface area contributed by atoms with Crippen LogP contribution in [0.1, 0.15) is 52.4 Å². The summed E-state index contributed by atoms with van der Waals surface area (Å²) in [6, 6.07) is 0.515. The van der Waals surface area contributed by atoms with Gasteiger partial charge >= 0.3 is 0 Å². The lowest BCUT2D eigenvalue weighted by molar-refractivity contribution is -0.131. The summed E-state index contributed by atoms with van der Waals surface area (Å²) >= 11 is 0. The third kappa shape index (κ3) is 5.46. The molecule has 2 atom stereocenters. The zero-order valence-corrected chi connectivity index (χ0v) is 17.4. The van der Waals surface area contributed by atoms with E-state index in [-0.39, 0.29) is 5.70 Å². The number of nitrogens with one attached hydrogen (secondary N) is 3. The number of piperidine rings is 1. The molecular weight excluding hydrogens is 396 g/mol. The van der Waals surface area contributed by atoms with Crippen LogP contribution in [0.3, 0.4) is 0 Å². The Bertz CT molecular complexity index is 755. The molecule has 0 radical (unpaired) electrons. The number of rotatable bonds is 8. The number of nitrogens with zero attached hydrogens (tertiary/aromatic N) is 2. The molecule has 3 aliphatic rings. The minimum atomic E-state index is -3.17. The van der Waals surface area contributed by atoms with E-state index in [9.17, 15) is 18.4 Å². The van der Waals surface area contributed by atoms with E-state index in [1.807, 2.05) is 6.07 Å². The van der Waals surface area contributed by atoms with Gasteiger partial charge in [0.15, 0.2) is 0 Å². The number of likely N-dealkylation sites (tertiary alicyclic amines) is 1. The van der Waals surface area contributed by atoms with Gasteiger partial charge in [-0.05, 0) is 58.2 Å². The van der Waals surface area contributed by atoms with Crippen molar-refractivity contribution >= 4 is 11.8 Å². The smallest absolute Gasteiger partial charge is 0.270 e. The van der Waals surface area contributed by atoms with Crippen LogP contribution in [0.25, 0.3) is 0 Å². The summed E-state index contributed by atoms with van der Waals surface area (Å²) in [5.74, 6) is -4.65. The number of nitriles is 1. The predicted molar refractivity (Wildman–Crippen MR) is 104 cm³/mol. The average Bonchev–Trinajstić information content (AvgIpc) is 3.33. The molecule has 10 heteroatoms. The fourth-order valence-electron chi connectivity index (χ4n) is 3.95. The van der Waals surface area contributed by atoms with Crippen LogP contribution < -0.4 is 16.1 Å². The molecule has 1 aliphatic carbocycles. The van der Waals surface area contributed by atoms with Gasteiger partial charge in [0.1, 0.15) is 22.9 Å². The van der Waals surface area contributed by atoms with Gasteiger partial charge in [0, 0.05) is 13.0 Å². The predicted octanol–water partition coefficient (Wildman–Crippen LogP) is 1.35. The van der Waals surface area contributed by atoms with Crippen molar-refractivity contribution in [1.29, 1.82) is 5.26 Å². The Labute approximate surface area is 174 Å². The highest BCUT2D eigenvalue weighted by Crippen LogP contribution is 2.35. The van der Waals surface area contributed by atoms with Crippen LogP contribution in [0.15, 0.2) is 11.8 Å². The largest absolute Gasteiger partial charge is 0.339 e. The zero-order valence-electron chi connectivity index (χ0n) is 17.4. The summed E-state index contributed by atoms with van der Waals surface area (Å²) in [4.78, 5) is 33.2. The molecule has 2 aliphatic heterocycles. The standard InChI is InChI=1S/C20H29F2N5O3/c1-3-8-27-9-4-5-20(13-27)11-15(26-30-20)16(28)24-14(10-18(2,21)22)17(29)25-19(12-23)6-7-19/h11,14,26H,3-10,13H2,1-2H3,(H,24,28)(H,25,29)/t14-,20?/m0/s1. The van der Waals surface area contributed by atoms with Gasteiger partial charge in [-0.3, -0.25) is 19.9 Å². The molecule has 0 bridgehead atoms. The second-order valence-corrected chi connectivity index (χ2v) is 8.69. The van der Waals surface area contributed by atoms with Crippen molar-refractivity contribution in [3.63, 3.8) is 0 Å². The second kappa shape index (κ2) is 8.47. The molecule has 0 aromatic heterocycles. The quantitative estimate of drug-likeness (QED) is 0.542. The maximum atomic E-state index is 13.6. The minimum absolute atomic E-state index is 0.104. The molecule has 0 aromatic carbocycles. The Balaban J connectivity index is 1.67. The lowest BCUT2D eigenvalue weighted by atomic mass is 9.92. The van der Waals surface area contributed by atoms with Gasteiger partial charge in [0.05, 0.1) is 6.07 Å². The molecule has 1 spiro atoms. The van der Waals surface area contributed by atoms with E-state index in [0.717, 1.165) is 32.4 Å². The zero-order chi connectivity index (χ0) is 22.0. The molecule has 3 N–H and O–H groups in total. The van der Waals surface area contributed by atoms with Gasteiger partial charge in [0.25, 0.3) is 5.91 Å². The molecule has 30 heavy (non-hydrogen) atoms. The molecule has 8 nitrogen and oxygen atoms in total. The van der Waals surface area contributed by atoms with Crippen molar-refractivity contribution in [2.75, 3.05) is 19.6 Å². The molecule has 1 unspecified atom stereocenters. The second-order valence-electron chi connectivity index (χ2n) is 8.69. The molecule has 2 heterocycles. The SMILES string of the molecule is CCCN1CCCC2(C=C(C(=O)N[C@@H](CC(C)(F)F)C(=O)NC3(C#N)CC3)NO2)C1. The van der Waals surface area contributed by atoms with Gasteiger partial charge in [-0.1, -0.05) is 6.92 Å². The highest BCUT2D eigenvalue weighted by Gasteiger charge is 2.47. The monoisotopic (exact) mass is 425 g/mol. The number of halogens is 2. The van der Waals surface area contributed by atoms with Crippen LogP contribution >= 0.6 is 0 Å². The molecule has 1 saturated heterocycles. The van der Waals surface area contributed by atoms with Gasteiger partial charge in [-0.2, -0.15) is 5.26 Å². The van der Waals surface area contributed by atoms with E-state index in [4.69, 9.17) is 10.1 Å². The first-order chi connectivity index (χ1) is 14.1. The van der Waals surface area contributed by atoms with Crippen LogP contribution in [0, 0.1) is 11.3 Å². The maximum absolute atomic E-state index is 13.6. The van der Waals surface area contributed by atoms with Crippen molar-refractivity contribution in [3.8, 4) is 6.07 Å². The molecule has 3 rings (SSSR count). The topological polar surface area (TPSA) is 106 Å². The first kappa shape index (κ1) is 22.4. The maximum Gasteiger partial charge on any atom is 0.270 e. The summed E-state index contributed by atoms with van der Waals surface area (Å²) in [7, 11) is 0. The van der Waals surface area contributed by atoms with Gasteiger partial charge in [-0.25, -0.2) is 8.78 Å². The Morgan fingerprint density at radius 1 is 1.43 bits per heavy atom. The summed E-state index contributed by atoms with van der Waals surface area (Å²) in [6.45, 7) is 5.30. The Morgan fingerprint density at radius 3 is 2.77 bits per heavy atom. The van der Waals surface area contributed by atoms with Crippen LogP contribution in [-0.4, -0.2) is 59.5 Å². The highest BCUT2D eigenvalue weighted by molar-refractivity contribution is 5.97. The summed E-state index contributed by atoms with van der Waals surface area (Å²) < 4.78 is 27.3. The van der Waals surface area contributed by atoms with Crippen molar-refractivity contribution in [3.05, 3.63) is 11.8 Å². The van der Waals surface area contributed by atoms with Crippen LogP contribution in [0.4, 0.5) is 8.78 Å². The van der Waals surface area contributed by atoms with Gasteiger partial charge in [0.2, 0.25) is 11.8 Å². The number of amides is 2. The molecule has 166 valence electrons. The van der Waals surface area contributed by atoms with E-state index < -0.39 is 41.3 Å². The summed E-state index contributed by atoms with van der Waals surface area (Å²) in [5.41, 5.74) is 1.06. The minimum Gasteiger partial charge on any atom is -0.339 e. The Kier molecular flexibility index (Phi) is 6.34. The number of hydroxylamine groups is 1. The van der Waals surface area contributed by atoms with E-state index in [0.29, 0.717) is 26.3 Å². The van der Waals surface area contributed by atoms with E-state index in [1.54, 1.807) is 6.08 Å². The van der Waals surface area contributed by atoms with E-state index in [1.165, 1.54) is 0 Å². The summed E-state index contributed by atoms with van der Waals surface area (Å²) in [5, 5.41) is 14.0. The average molecular weight is 425 g/mol. The van der Waals surface area contributed by atoms with Crippen LogP contribution in [0.5, 0.6) is 0 Å². The van der Waals surface area contributed by atoms with Gasteiger partial charge < -0.3 is 15.5 Å². The van der Waals surface area contributed by atoms with Crippen molar-refractivity contribution in [2.45, 2.75) is 75.5 Å². The Morgan fingerprint density at radius 2 is 2.17 bits per heavy atom. The first-order valence-electron chi connectivity index (χ1n) is 10.4. The lowest BCUT2D eigenvalue weighted by Gasteiger charge is -2.37. The van der Waals surface area contributed by atoms with Gasteiger partial charge in [-0.15, -0.1) is 0 Å².